The highest BCUT2D eigenvalue weighted by molar-refractivity contribution is 5.30. The highest BCUT2D eigenvalue weighted by Crippen LogP contribution is 2.26. The number of nitrogens with zero attached hydrogens (tertiary/aromatic N) is 1. The van der Waals surface area contributed by atoms with Crippen molar-refractivity contribution in [3.05, 3.63) is 29.8 Å². The van der Waals surface area contributed by atoms with E-state index in [9.17, 15) is 0 Å². The Hall–Kier alpha value is -1.10. The zero-order chi connectivity index (χ0) is 13.7. The predicted octanol–water partition coefficient (Wildman–Crippen LogP) is 1.81. The molecule has 1 aliphatic heterocycles. The van der Waals surface area contributed by atoms with E-state index in [4.69, 9.17) is 15.2 Å². The number of methoxy groups -OCH3 is 2. The lowest BCUT2D eigenvalue weighted by atomic mass is 10.0. The number of piperidine rings is 1. The summed E-state index contributed by atoms with van der Waals surface area (Å²) < 4.78 is 10.7. The Morgan fingerprint density at radius 1 is 1.32 bits per heavy atom. The molecule has 0 amide bonds. The van der Waals surface area contributed by atoms with E-state index in [1.807, 2.05) is 12.1 Å². The molecule has 1 saturated heterocycles. The zero-order valence-electron chi connectivity index (χ0n) is 11.8. The Bertz CT molecular complexity index is 389. The first kappa shape index (κ1) is 14.3. The molecule has 1 heterocycles. The summed E-state index contributed by atoms with van der Waals surface area (Å²) in [4.78, 5) is 2.45. The lowest BCUT2D eigenvalue weighted by molar-refractivity contribution is 0.0280. The largest absolute Gasteiger partial charge is 0.497 e. The van der Waals surface area contributed by atoms with E-state index in [0.717, 1.165) is 31.7 Å². The maximum atomic E-state index is 5.98. The molecule has 1 unspecified atom stereocenters. The van der Waals surface area contributed by atoms with E-state index in [2.05, 4.69) is 17.0 Å². The number of hydrogen-bond donors (Lipinski definition) is 1. The van der Waals surface area contributed by atoms with Crippen molar-refractivity contribution in [1.82, 2.24) is 4.90 Å². The van der Waals surface area contributed by atoms with E-state index in [1.165, 1.54) is 5.56 Å². The molecule has 19 heavy (non-hydrogen) atoms. The van der Waals surface area contributed by atoms with Crippen LogP contribution in [0.15, 0.2) is 24.3 Å². The number of hydrogen-bond acceptors (Lipinski definition) is 4. The van der Waals surface area contributed by atoms with Crippen LogP contribution in [0.5, 0.6) is 5.75 Å². The number of benzene rings is 1. The van der Waals surface area contributed by atoms with Gasteiger partial charge in [0.05, 0.1) is 13.2 Å². The minimum absolute atomic E-state index is 0.271. The van der Waals surface area contributed by atoms with E-state index in [-0.39, 0.29) is 6.04 Å². The van der Waals surface area contributed by atoms with E-state index >= 15 is 0 Å². The molecule has 0 saturated carbocycles. The first-order valence-electron chi connectivity index (χ1n) is 6.89. The molecule has 1 aromatic rings. The van der Waals surface area contributed by atoms with Crippen molar-refractivity contribution < 1.29 is 9.47 Å². The molecule has 106 valence electrons. The first-order valence-corrected chi connectivity index (χ1v) is 6.89. The van der Waals surface area contributed by atoms with E-state index in [0.29, 0.717) is 12.6 Å². The third-order valence-corrected chi connectivity index (χ3v) is 3.95. The van der Waals surface area contributed by atoms with Gasteiger partial charge in [-0.3, -0.25) is 4.90 Å². The highest BCUT2D eigenvalue weighted by Gasteiger charge is 2.25. The van der Waals surface area contributed by atoms with Crippen molar-refractivity contribution in [2.45, 2.75) is 25.0 Å². The minimum atomic E-state index is 0.271. The van der Waals surface area contributed by atoms with Crippen LogP contribution < -0.4 is 10.5 Å². The maximum Gasteiger partial charge on any atom is 0.119 e. The molecule has 0 aliphatic carbocycles. The third kappa shape index (κ3) is 3.47. The van der Waals surface area contributed by atoms with Crippen LogP contribution in [-0.4, -0.2) is 44.9 Å². The van der Waals surface area contributed by atoms with Crippen molar-refractivity contribution in [2.75, 3.05) is 33.9 Å². The lowest BCUT2D eigenvalue weighted by Gasteiger charge is -2.37. The smallest absolute Gasteiger partial charge is 0.119 e. The van der Waals surface area contributed by atoms with Crippen LogP contribution in [0.2, 0.25) is 0 Å². The summed E-state index contributed by atoms with van der Waals surface area (Å²) in [6.07, 6.45) is 2.56. The van der Waals surface area contributed by atoms with Crippen LogP contribution in [0.4, 0.5) is 0 Å². The molecular formula is C15H24N2O2. The second-order valence-electron chi connectivity index (χ2n) is 5.00. The fourth-order valence-corrected chi connectivity index (χ4v) is 2.77. The van der Waals surface area contributed by atoms with E-state index < -0.39 is 0 Å². The van der Waals surface area contributed by atoms with Crippen LogP contribution in [0.25, 0.3) is 0 Å². The molecule has 1 atom stereocenters. The summed E-state index contributed by atoms with van der Waals surface area (Å²) in [5.74, 6) is 0.891. The lowest BCUT2D eigenvalue weighted by Crippen LogP contribution is -2.41. The summed E-state index contributed by atoms with van der Waals surface area (Å²) in [6.45, 7) is 2.71. The molecular weight excluding hydrogens is 240 g/mol. The van der Waals surface area contributed by atoms with Gasteiger partial charge in [-0.2, -0.15) is 0 Å². The second kappa shape index (κ2) is 6.89. The van der Waals surface area contributed by atoms with Crippen LogP contribution in [0.1, 0.15) is 24.4 Å². The summed E-state index contributed by atoms with van der Waals surface area (Å²) >= 11 is 0. The van der Waals surface area contributed by atoms with Crippen molar-refractivity contribution >= 4 is 0 Å². The minimum Gasteiger partial charge on any atom is -0.497 e. The van der Waals surface area contributed by atoms with Crippen molar-refractivity contribution in [2.24, 2.45) is 5.73 Å². The Balaban J connectivity index is 2.07. The number of ether oxygens (including phenoxy) is 2. The van der Waals surface area contributed by atoms with Crippen LogP contribution in [0.3, 0.4) is 0 Å². The van der Waals surface area contributed by atoms with Gasteiger partial charge in [-0.1, -0.05) is 12.1 Å². The van der Waals surface area contributed by atoms with Crippen LogP contribution >= 0.6 is 0 Å². The summed E-state index contributed by atoms with van der Waals surface area (Å²) in [7, 11) is 3.49. The molecule has 0 aromatic heterocycles. The summed E-state index contributed by atoms with van der Waals surface area (Å²) in [6, 6.07) is 8.47. The van der Waals surface area contributed by atoms with Gasteiger partial charge in [0.15, 0.2) is 0 Å². The van der Waals surface area contributed by atoms with Crippen molar-refractivity contribution in [3.63, 3.8) is 0 Å². The van der Waals surface area contributed by atoms with Gasteiger partial charge < -0.3 is 15.2 Å². The Morgan fingerprint density at radius 3 is 2.63 bits per heavy atom. The Kier molecular flexibility index (Phi) is 5.19. The van der Waals surface area contributed by atoms with Gasteiger partial charge in [-0.25, -0.2) is 0 Å². The summed E-state index contributed by atoms with van der Waals surface area (Å²) in [5, 5.41) is 0. The normalized spacial score (nSPS) is 19.3. The highest BCUT2D eigenvalue weighted by atomic mass is 16.5. The number of rotatable bonds is 5. The van der Waals surface area contributed by atoms with Gasteiger partial charge >= 0.3 is 0 Å². The zero-order valence-corrected chi connectivity index (χ0v) is 11.8. The standard InChI is InChI=1S/C15H24N2O2/c1-18-13-6-8-17(9-7-13)15(11-16)12-4-3-5-14(10-12)19-2/h3-5,10,13,15H,6-9,11,16H2,1-2H3. The van der Waals surface area contributed by atoms with Gasteiger partial charge in [0, 0.05) is 32.8 Å². The first-order chi connectivity index (χ1) is 9.28. The van der Waals surface area contributed by atoms with Gasteiger partial charge in [0.25, 0.3) is 0 Å². The quantitative estimate of drug-likeness (QED) is 0.881. The topological polar surface area (TPSA) is 47.7 Å². The van der Waals surface area contributed by atoms with Gasteiger partial charge in [0.2, 0.25) is 0 Å². The van der Waals surface area contributed by atoms with Crippen LogP contribution in [0, 0.1) is 0 Å². The SMILES string of the molecule is COc1cccc(C(CN)N2CCC(OC)CC2)c1. The number of nitrogens with two attached hydrogens (primary N) is 1. The molecule has 0 radical (unpaired) electrons. The fourth-order valence-electron chi connectivity index (χ4n) is 2.77. The van der Waals surface area contributed by atoms with Crippen molar-refractivity contribution in [1.29, 1.82) is 0 Å². The predicted molar refractivity (Wildman–Crippen MR) is 76.4 cm³/mol. The molecule has 1 fully saturated rings. The maximum absolute atomic E-state index is 5.98. The van der Waals surface area contributed by atoms with Gasteiger partial charge in [-0.05, 0) is 30.5 Å². The molecule has 4 heteroatoms. The number of likely N-dealkylation sites (tertiary alicyclic amines) is 1. The molecule has 0 bridgehead atoms. The van der Waals surface area contributed by atoms with Gasteiger partial charge in [0.1, 0.15) is 5.75 Å². The monoisotopic (exact) mass is 264 g/mol. The molecule has 4 nitrogen and oxygen atoms in total. The average molecular weight is 264 g/mol. The van der Waals surface area contributed by atoms with E-state index in [1.54, 1.807) is 14.2 Å². The second-order valence-corrected chi connectivity index (χ2v) is 5.00. The molecule has 2 N–H and O–H groups in total. The summed E-state index contributed by atoms with van der Waals surface area (Å²) in [5.41, 5.74) is 7.21. The Morgan fingerprint density at radius 2 is 2.05 bits per heavy atom. The molecule has 0 spiro atoms. The molecule has 1 aliphatic rings. The Labute approximate surface area is 115 Å². The average Bonchev–Trinajstić information content (AvgIpc) is 2.49. The molecule has 2 rings (SSSR count). The van der Waals surface area contributed by atoms with Crippen LogP contribution in [-0.2, 0) is 4.74 Å². The fraction of sp³-hybridized carbons (Fsp3) is 0.600. The van der Waals surface area contributed by atoms with Crippen molar-refractivity contribution in [3.8, 4) is 5.75 Å². The van der Waals surface area contributed by atoms with Gasteiger partial charge in [-0.15, -0.1) is 0 Å². The molecule has 1 aromatic carbocycles. The third-order valence-electron chi connectivity index (χ3n) is 3.95.